The molecule has 1 aliphatic rings. The van der Waals surface area contributed by atoms with E-state index < -0.39 is 0 Å². The SMILES string of the molecule is CSOONC1CCCC(SOOO)C1. The van der Waals surface area contributed by atoms with Gasteiger partial charge in [0.25, 0.3) is 0 Å². The van der Waals surface area contributed by atoms with Crippen molar-refractivity contribution < 1.29 is 24.0 Å². The molecule has 2 N–H and O–H groups in total. The van der Waals surface area contributed by atoms with Gasteiger partial charge in [-0.3, -0.25) is 0 Å². The topological polar surface area (TPSA) is 69.2 Å². The van der Waals surface area contributed by atoms with Gasteiger partial charge in [0.1, 0.15) is 0 Å². The molecule has 0 heterocycles. The minimum absolute atomic E-state index is 0.241. The van der Waals surface area contributed by atoms with E-state index in [1.54, 1.807) is 6.26 Å². The summed E-state index contributed by atoms with van der Waals surface area (Å²) in [7, 11) is 0. The number of hydroxylamine groups is 1. The van der Waals surface area contributed by atoms with Crippen LogP contribution in [0.25, 0.3) is 0 Å². The summed E-state index contributed by atoms with van der Waals surface area (Å²) in [6.45, 7) is 0. The average Bonchev–Trinajstić information content (AvgIpc) is 2.27. The zero-order valence-electron chi connectivity index (χ0n) is 8.38. The molecule has 0 saturated heterocycles. The second kappa shape index (κ2) is 8.59. The van der Waals surface area contributed by atoms with Crippen molar-refractivity contribution in [2.75, 3.05) is 6.26 Å². The van der Waals surface area contributed by atoms with E-state index >= 15 is 0 Å². The first kappa shape index (κ1) is 13.5. The van der Waals surface area contributed by atoms with Gasteiger partial charge >= 0.3 is 0 Å². The predicted octanol–water partition coefficient (Wildman–Crippen LogP) is 2.10. The van der Waals surface area contributed by atoms with Crippen LogP contribution >= 0.6 is 24.1 Å². The lowest BCUT2D eigenvalue weighted by Gasteiger charge is -2.26. The van der Waals surface area contributed by atoms with E-state index in [2.05, 4.69) is 19.2 Å². The van der Waals surface area contributed by atoms with Crippen molar-refractivity contribution in [3.63, 3.8) is 0 Å². The molecule has 6 nitrogen and oxygen atoms in total. The summed E-state index contributed by atoms with van der Waals surface area (Å²) in [5.74, 6) is 0. The van der Waals surface area contributed by atoms with Crippen LogP contribution in [0.1, 0.15) is 25.7 Å². The molecule has 1 aliphatic carbocycles. The van der Waals surface area contributed by atoms with Crippen LogP contribution in [0, 0.1) is 0 Å². The average molecular weight is 257 g/mol. The molecule has 1 saturated carbocycles. The van der Waals surface area contributed by atoms with Crippen LogP contribution < -0.4 is 5.48 Å². The summed E-state index contributed by atoms with van der Waals surface area (Å²) < 4.78 is 9.07. The van der Waals surface area contributed by atoms with Crippen LogP contribution in [-0.2, 0) is 18.7 Å². The van der Waals surface area contributed by atoms with E-state index in [9.17, 15) is 0 Å². The first-order valence-corrected chi connectivity index (χ1v) is 6.57. The normalized spacial score (nSPS) is 26.8. The molecule has 0 aromatic heterocycles. The van der Waals surface area contributed by atoms with Crippen molar-refractivity contribution in [1.29, 1.82) is 0 Å². The fourth-order valence-corrected chi connectivity index (χ4v) is 2.36. The summed E-state index contributed by atoms with van der Waals surface area (Å²) in [5.41, 5.74) is 2.81. The van der Waals surface area contributed by atoms with Gasteiger partial charge in [-0.15, -0.1) is 13.7 Å². The van der Waals surface area contributed by atoms with Crippen molar-refractivity contribution in [2.24, 2.45) is 0 Å². The molecule has 2 unspecified atom stereocenters. The van der Waals surface area contributed by atoms with Crippen LogP contribution in [0.2, 0.25) is 0 Å². The van der Waals surface area contributed by atoms with Crippen molar-refractivity contribution in [1.82, 2.24) is 5.48 Å². The Morgan fingerprint density at radius 3 is 2.93 bits per heavy atom. The predicted molar refractivity (Wildman–Crippen MR) is 57.3 cm³/mol. The summed E-state index contributed by atoms with van der Waals surface area (Å²) in [6.07, 6.45) is 5.80. The maximum absolute atomic E-state index is 8.03. The third-order valence-electron chi connectivity index (χ3n) is 2.15. The maximum Gasteiger partial charge on any atom is 0.0380 e. The van der Waals surface area contributed by atoms with Crippen LogP contribution in [0.4, 0.5) is 0 Å². The zero-order chi connectivity index (χ0) is 10.9. The van der Waals surface area contributed by atoms with E-state index in [1.165, 1.54) is 0 Å². The van der Waals surface area contributed by atoms with Gasteiger partial charge in [-0.25, -0.2) is 5.26 Å². The Labute approximate surface area is 97.1 Å². The molecule has 0 aromatic rings. The van der Waals surface area contributed by atoms with Gasteiger partial charge in [0.2, 0.25) is 0 Å². The molecular weight excluding hydrogens is 242 g/mol. The maximum atomic E-state index is 8.03. The smallest absolute Gasteiger partial charge is 0.0380 e. The van der Waals surface area contributed by atoms with Gasteiger partial charge < -0.3 is 0 Å². The van der Waals surface area contributed by atoms with E-state index in [0.717, 1.165) is 49.8 Å². The van der Waals surface area contributed by atoms with E-state index in [4.69, 9.17) is 10.2 Å². The quantitative estimate of drug-likeness (QED) is 0.311. The number of rotatable bonds is 7. The van der Waals surface area contributed by atoms with Gasteiger partial charge in [0.15, 0.2) is 0 Å². The fourth-order valence-electron chi connectivity index (χ4n) is 1.53. The zero-order valence-corrected chi connectivity index (χ0v) is 10.0. The van der Waals surface area contributed by atoms with Crippen LogP contribution in [0.5, 0.6) is 0 Å². The summed E-state index contributed by atoms with van der Waals surface area (Å²) in [5, 5.41) is 11.9. The Balaban J connectivity index is 2.11. The van der Waals surface area contributed by atoms with Crippen LogP contribution in [0.15, 0.2) is 0 Å². The summed E-state index contributed by atoms with van der Waals surface area (Å²) >= 11 is 2.26. The number of hydrogen-bond donors (Lipinski definition) is 2. The monoisotopic (exact) mass is 257 g/mol. The lowest BCUT2D eigenvalue weighted by Crippen LogP contribution is -2.34. The first-order valence-electron chi connectivity index (χ1n) is 4.62. The third-order valence-corrected chi connectivity index (χ3v) is 3.19. The van der Waals surface area contributed by atoms with Crippen molar-refractivity contribution in [3.05, 3.63) is 0 Å². The molecule has 0 bridgehead atoms. The molecule has 1 fully saturated rings. The molecule has 1 rings (SSSR count). The second-order valence-corrected chi connectivity index (χ2v) is 4.62. The second-order valence-electron chi connectivity index (χ2n) is 3.16. The summed E-state index contributed by atoms with van der Waals surface area (Å²) in [4.78, 5) is 4.76. The lowest BCUT2D eigenvalue weighted by atomic mass is 9.96. The molecule has 0 aliphatic heterocycles. The molecule has 0 radical (unpaired) electrons. The standard InChI is InChI=1S/C7H15NO5S2/c1-14-12-10-8-6-3-2-4-7(5-6)15-13-11-9/h6-9H,2-5H2,1H3. The lowest BCUT2D eigenvalue weighted by molar-refractivity contribution is -0.432. The Bertz CT molecular complexity index is 164. The highest BCUT2D eigenvalue weighted by atomic mass is 32.2. The Morgan fingerprint density at radius 1 is 1.33 bits per heavy atom. The summed E-state index contributed by atoms with van der Waals surface area (Å²) in [6, 6.07) is 0.241. The van der Waals surface area contributed by atoms with Gasteiger partial charge in [0, 0.05) is 41.6 Å². The Kier molecular flexibility index (Phi) is 7.75. The fraction of sp³-hybridized carbons (Fsp3) is 1.00. The third kappa shape index (κ3) is 5.93. The molecular formula is C7H15NO5S2. The molecule has 90 valence electrons. The minimum Gasteiger partial charge on any atom is -0.220 e. The minimum atomic E-state index is 0.241. The Hall–Kier alpha value is 0.460. The molecule has 0 spiro atoms. The highest BCUT2D eigenvalue weighted by Gasteiger charge is 2.23. The van der Waals surface area contributed by atoms with Crippen molar-refractivity contribution in [2.45, 2.75) is 37.0 Å². The van der Waals surface area contributed by atoms with E-state index in [0.29, 0.717) is 5.25 Å². The highest BCUT2D eigenvalue weighted by molar-refractivity contribution is 7.95. The Morgan fingerprint density at radius 2 is 2.20 bits per heavy atom. The molecule has 0 aromatic carbocycles. The van der Waals surface area contributed by atoms with E-state index in [1.807, 2.05) is 0 Å². The van der Waals surface area contributed by atoms with Gasteiger partial charge in [-0.05, 0) is 19.3 Å². The van der Waals surface area contributed by atoms with Gasteiger partial charge in [-0.1, -0.05) is 11.5 Å². The molecule has 15 heavy (non-hydrogen) atoms. The van der Waals surface area contributed by atoms with Gasteiger partial charge in [-0.2, -0.15) is 5.48 Å². The van der Waals surface area contributed by atoms with Crippen molar-refractivity contribution in [3.8, 4) is 0 Å². The van der Waals surface area contributed by atoms with Crippen LogP contribution in [0.3, 0.4) is 0 Å². The molecule has 8 heteroatoms. The largest absolute Gasteiger partial charge is 0.220 e. The number of nitrogens with one attached hydrogen (secondary N) is 1. The molecule has 0 amide bonds. The van der Waals surface area contributed by atoms with Gasteiger partial charge in [0.05, 0.1) is 0 Å². The number of hydrogen-bond acceptors (Lipinski definition) is 8. The van der Waals surface area contributed by atoms with Crippen LogP contribution in [-0.4, -0.2) is 22.8 Å². The first-order chi connectivity index (χ1) is 7.36. The van der Waals surface area contributed by atoms with Crippen molar-refractivity contribution >= 4 is 24.1 Å². The van der Waals surface area contributed by atoms with E-state index in [-0.39, 0.29) is 6.04 Å². The highest BCUT2D eigenvalue weighted by Crippen LogP contribution is 2.29. The molecule has 2 atom stereocenters.